The molecular weight excluding hydrogens is 272 g/mol. The van der Waals surface area contributed by atoms with Gasteiger partial charge in [-0.05, 0) is 25.2 Å². The van der Waals surface area contributed by atoms with E-state index in [1.807, 2.05) is 27.7 Å². The Morgan fingerprint density at radius 3 is 2.43 bits per heavy atom. The summed E-state index contributed by atoms with van der Waals surface area (Å²) >= 11 is 0. The summed E-state index contributed by atoms with van der Waals surface area (Å²) in [5.41, 5.74) is 0.737. The van der Waals surface area contributed by atoms with Crippen LogP contribution in [0.15, 0.2) is 10.6 Å². The molecule has 0 aliphatic rings. The number of carbonyl (C=O) groups is 2. The number of aromatic nitrogens is 1. The molecule has 0 saturated heterocycles. The molecule has 1 atom stereocenters. The van der Waals surface area contributed by atoms with Gasteiger partial charge in [-0.25, -0.2) is 4.79 Å². The molecule has 1 amide bonds. The van der Waals surface area contributed by atoms with Crippen molar-refractivity contribution in [1.29, 1.82) is 0 Å². The Hall–Kier alpha value is -1.85. The van der Waals surface area contributed by atoms with E-state index in [1.165, 1.54) is 0 Å². The summed E-state index contributed by atoms with van der Waals surface area (Å²) in [6.07, 6.45) is 2.19. The summed E-state index contributed by atoms with van der Waals surface area (Å²) in [5, 5.41) is 15.5. The second-order valence-electron chi connectivity index (χ2n) is 5.62. The van der Waals surface area contributed by atoms with Crippen LogP contribution in [0.4, 0.5) is 0 Å². The van der Waals surface area contributed by atoms with E-state index in [0.29, 0.717) is 6.42 Å². The Morgan fingerprint density at radius 2 is 1.95 bits per heavy atom. The summed E-state index contributed by atoms with van der Waals surface area (Å²) in [5.74, 6) is -1.10. The number of nitrogens with zero attached hydrogens (tertiary/aromatic N) is 1. The van der Waals surface area contributed by atoms with Gasteiger partial charge in [0.2, 0.25) is 5.76 Å². The Morgan fingerprint density at radius 1 is 1.33 bits per heavy atom. The molecule has 1 heterocycles. The maximum Gasteiger partial charge on any atom is 0.326 e. The second kappa shape index (κ2) is 7.81. The lowest BCUT2D eigenvalue weighted by Gasteiger charge is -2.15. The topological polar surface area (TPSA) is 92.4 Å². The molecule has 1 aromatic rings. The van der Waals surface area contributed by atoms with Crippen LogP contribution in [0.5, 0.6) is 0 Å². The van der Waals surface area contributed by atoms with Gasteiger partial charge in [0.25, 0.3) is 5.91 Å². The third kappa shape index (κ3) is 4.88. The van der Waals surface area contributed by atoms with Crippen LogP contribution in [0, 0.1) is 5.92 Å². The lowest BCUT2D eigenvalue weighted by Crippen LogP contribution is -2.41. The maximum absolute atomic E-state index is 12.0. The van der Waals surface area contributed by atoms with Crippen LogP contribution in [0.25, 0.3) is 0 Å². The molecule has 2 N–H and O–H groups in total. The smallest absolute Gasteiger partial charge is 0.326 e. The Labute approximate surface area is 124 Å². The molecule has 0 aliphatic heterocycles. The molecule has 0 bridgehead atoms. The highest BCUT2D eigenvalue weighted by molar-refractivity contribution is 5.94. The van der Waals surface area contributed by atoms with Gasteiger partial charge in [0.1, 0.15) is 6.04 Å². The minimum absolute atomic E-state index is 0.0620. The first-order chi connectivity index (χ1) is 9.88. The number of carboxylic acids is 1. The van der Waals surface area contributed by atoms with Gasteiger partial charge in [-0.3, -0.25) is 4.79 Å². The quantitative estimate of drug-likeness (QED) is 0.769. The number of nitrogens with one attached hydrogen (secondary N) is 1. The van der Waals surface area contributed by atoms with E-state index in [4.69, 9.17) is 9.63 Å². The fourth-order valence-electron chi connectivity index (χ4n) is 2.22. The molecule has 118 valence electrons. The van der Waals surface area contributed by atoms with E-state index in [-0.39, 0.29) is 17.6 Å². The van der Waals surface area contributed by atoms with Gasteiger partial charge in [-0.2, -0.15) is 0 Å². The van der Waals surface area contributed by atoms with E-state index in [1.54, 1.807) is 6.07 Å². The van der Waals surface area contributed by atoms with E-state index in [9.17, 15) is 9.59 Å². The Bertz CT molecular complexity index is 478. The van der Waals surface area contributed by atoms with Crippen molar-refractivity contribution in [2.75, 3.05) is 0 Å². The van der Waals surface area contributed by atoms with E-state index in [2.05, 4.69) is 10.5 Å². The number of hydrogen-bond acceptors (Lipinski definition) is 4. The Balaban J connectivity index is 2.76. The van der Waals surface area contributed by atoms with Gasteiger partial charge in [-0.15, -0.1) is 0 Å². The third-order valence-electron chi connectivity index (χ3n) is 3.47. The third-order valence-corrected chi connectivity index (χ3v) is 3.47. The lowest BCUT2D eigenvalue weighted by atomic mass is 9.99. The first-order valence-electron chi connectivity index (χ1n) is 7.39. The van der Waals surface area contributed by atoms with Crippen LogP contribution in [0.1, 0.15) is 69.1 Å². The number of carboxylic acid groups (broad SMARTS) is 1. The van der Waals surface area contributed by atoms with Crippen LogP contribution < -0.4 is 5.32 Å². The molecule has 0 aliphatic carbocycles. The normalized spacial score (nSPS) is 12.7. The molecule has 21 heavy (non-hydrogen) atoms. The van der Waals surface area contributed by atoms with Crippen LogP contribution in [-0.4, -0.2) is 28.2 Å². The van der Waals surface area contributed by atoms with Crippen molar-refractivity contribution in [2.45, 2.75) is 58.9 Å². The highest BCUT2D eigenvalue weighted by Crippen LogP contribution is 2.22. The van der Waals surface area contributed by atoms with Crippen LogP contribution in [-0.2, 0) is 4.79 Å². The van der Waals surface area contributed by atoms with Crippen molar-refractivity contribution in [3.63, 3.8) is 0 Å². The summed E-state index contributed by atoms with van der Waals surface area (Å²) in [6, 6.07) is 0.681. The highest BCUT2D eigenvalue weighted by atomic mass is 16.5. The number of amides is 1. The van der Waals surface area contributed by atoms with Crippen molar-refractivity contribution in [2.24, 2.45) is 5.92 Å². The zero-order valence-electron chi connectivity index (χ0n) is 13.0. The number of aliphatic carboxylic acids is 1. The monoisotopic (exact) mass is 296 g/mol. The first-order valence-corrected chi connectivity index (χ1v) is 7.39. The Kier molecular flexibility index (Phi) is 6.39. The van der Waals surface area contributed by atoms with E-state index in [0.717, 1.165) is 18.5 Å². The molecule has 0 spiro atoms. The maximum atomic E-state index is 12.0. The van der Waals surface area contributed by atoms with E-state index < -0.39 is 17.9 Å². The summed E-state index contributed by atoms with van der Waals surface area (Å²) in [7, 11) is 0. The van der Waals surface area contributed by atoms with Crippen molar-refractivity contribution in [1.82, 2.24) is 10.5 Å². The summed E-state index contributed by atoms with van der Waals surface area (Å²) < 4.78 is 5.04. The predicted octanol–water partition coefficient (Wildman–Crippen LogP) is 2.81. The molecule has 0 radical (unpaired) electrons. The number of rotatable bonds is 8. The standard InChI is InChI=1S/C15H24N2O4/c1-5-10(6-2)11-8-13(21-17-11)14(18)16-12(15(19)20)7-9(3)4/h8-10,12H,5-7H2,1-4H3,(H,16,18)(H,19,20). The van der Waals surface area contributed by atoms with E-state index >= 15 is 0 Å². The molecule has 1 aromatic heterocycles. The minimum Gasteiger partial charge on any atom is -0.480 e. The summed E-state index contributed by atoms with van der Waals surface area (Å²) in [6.45, 7) is 7.90. The SMILES string of the molecule is CCC(CC)c1cc(C(=O)NC(CC(C)C)C(=O)O)on1. The average Bonchev–Trinajstić information content (AvgIpc) is 2.88. The molecular formula is C15H24N2O4. The minimum atomic E-state index is -1.04. The number of carbonyl (C=O) groups excluding carboxylic acids is 1. The van der Waals surface area contributed by atoms with Gasteiger partial charge in [0.15, 0.2) is 0 Å². The molecule has 0 aromatic carbocycles. The second-order valence-corrected chi connectivity index (χ2v) is 5.62. The van der Waals surface area contributed by atoms with Gasteiger partial charge < -0.3 is 14.9 Å². The van der Waals surface area contributed by atoms with Gasteiger partial charge >= 0.3 is 5.97 Å². The zero-order chi connectivity index (χ0) is 16.0. The molecule has 0 saturated carbocycles. The van der Waals surface area contributed by atoms with Gasteiger partial charge in [0.05, 0.1) is 5.69 Å². The predicted molar refractivity (Wildman–Crippen MR) is 78.2 cm³/mol. The number of hydrogen-bond donors (Lipinski definition) is 2. The molecule has 6 nitrogen and oxygen atoms in total. The molecule has 6 heteroatoms. The van der Waals surface area contributed by atoms with Gasteiger partial charge in [-0.1, -0.05) is 32.9 Å². The fourth-order valence-corrected chi connectivity index (χ4v) is 2.22. The lowest BCUT2D eigenvalue weighted by molar-refractivity contribution is -0.139. The molecule has 1 rings (SSSR count). The first kappa shape index (κ1) is 17.2. The van der Waals surface area contributed by atoms with Crippen LogP contribution in [0.2, 0.25) is 0 Å². The van der Waals surface area contributed by atoms with Crippen molar-refractivity contribution in [3.8, 4) is 0 Å². The highest BCUT2D eigenvalue weighted by Gasteiger charge is 2.24. The van der Waals surface area contributed by atoms with Crippen molar-refractivity contribution in [3.05, 3.63) is 17.5 Å². The largest absolute Gasteiger partial charge is 0.480 e. The fraction of sp³-hybridized carbons (Fsp3) is 0.667. The average molecular weight is 296 g/mol. The van der Waals surface area contributed by atoms with Crippen LogP contribution in [0.3, 0.4) is 0 Å². The zero-order valence-corrected chi connectivity index (χ0v) is 13.0. The van der Waals surface area contributed by atoms with Crippen molar-refractivity contribution < 1.29 is 19.2 Å². The van der Waals surface area contributed by atoms with Crippen LogP contribution >= 0.6 is 0 Å². The van der Waals surface area contributed by atoms with Crippen molar-refractivity contribution >= 4 is 11.9 Å². The summed E-state index contributed by atoms with van der Waals surface area (Å²) in [4.78, 5) is 23.2. The van der Waals surface area contributed by atoms with Gasteiger partial charge in [0, 0.05) is 12.0 Å². The molecule has 1 unspecified atom stereocenters. The molecule has 0 fully saturated rings.